The number of anilines is 1. The van der Waals surface area contributed by atoms with Crippen LogP contribution in [0.3, 0.4) is 0 Å². The van der Waals surface area contributed by atoms with Crippen LogP contribution in [0.4, 0.5) is 9.52 Å². The summed E-state index contributed by atoms with van der Waals surface area (Å²) in [6.45, 7) is 3.68. The molecule has 6 nitrogen and oxygen atoms in total. The van der Waals surface area contributed by atoms with Crippen LogP contribution < -0.4 is 10.2 Å². The molecule has 32 heavy (non-hydrogen) atoms. The second-order valence-corrected chi connectivity index (χ2v) is 9.05. The molecular formula is C24H24FN5OS. The van der Waals surface area contributed by atoms with Gasteiger partial charge >= 0.3 is 0 Å². The van der Waals surface area contributed by atoms with E-state index in [1.807, 2.05) is 41.9 Å². The fourth-order valence-corrected chi connectivity index (χ4v) is 5.16. The van der Waals surface area contributed by atoms with Crippen molar-refractivity contribution in [3.8, 4) is 5.69 Å². The zero-order valence-electron chi connectivity index (χ0n) is 17.8. The lowest BCUT2D eigenvalue weighted by atomic mass is 9.97. The monoisotopic (exact) mass is 449 g/mol. The van der Waals surface area contributed by atoms with E-state index >= 15 is 0 Å². The molecule has 2 aromatic heterocycles. The van der Waals surface area contributed by atoms with Crippen molar-refractivity contribution >= 4 is 32.7 Å². The number of rotatable bonds is 5. The van der Waals surface area contributed by atoms with Crippen LogP contribution in [0.2, 0.25) is 0 Å². The molecule has 1 aliphatic heterocycles. The van der Waals surface area contributed by atoms with Gasteiger partial charge in [0.2, 0.25) is 5.91 Å². The first-order valence-electron chi connectivity index (χ1n) is 10.8. The Morgan fingerprint density at radius 3 is 2.78 bits per heavy atom. The summed E-state index contributed by atoms with van der Waals surface area (Å²) in [5, 5.41) is 8.48. The second kappa shape index (κ2) is 8.70. The summed E-state index contributed by atoms with van der Waals surface area (Å²) in [6.07, 6.45) is 1.73. The molecule has 4 aromatic rings. The van der Waals surface area contributed by atoms with Gasteiger partial charge in [0.1, 0.15) is 5.82 Å². The Hall–Kier alpha value is -3.26. The van der Waals surface area contributed by atoms with E-state index in [0.29, 0.717) is 12.1 Å². The van der Waals surface area contributed by atoms with Crippen LogP contribution in [0.5, 0.6) is 0 Å². The number of nitrogens with one attached hydrogen (secondary N) is 1. The van der Waals surface area contributed by atoms with Crippen molar-refractivity contribution in [1.29, 1.82) is 0 Å². The molecule has 0 radical (unpaired) electrons. The zero-order valence-corrected chi connectivity index (χ0v) is 18.6. The molecule has 2 aromatic carbocycles. The number of piperidine rings is 1. The number of halogens is 1. The van der Waals surface area contributed by atoms with Gasteiger partial charge in [0.25, 0.3) is 0 Å². The summed E-state index contributed by atoms with van der Waals surface area (Å²) in [5.41, 5.74) is 3.27. The third-order valence-electron chi connectivity index (χ3n) is 5.85. The molecular weight excluding hydrogens is 425 g/mol. The van der Waals surface area contributed by atoms with Crippen LogP contribution in [0, 0.1) is 18.7 Å². The molecule has 0 saturated carbocycles. The Morgan fingerprint density at radius 2 is 1.97 bits per heavy atom. The number of para-hydroxylation sites is 1. The topological polar surface area (TPSA) is 63.1 Å². The summed E-state index contributed by atoms with van der Waals surface area (Å²) in [5.74, 6) is -0.477. The van der Waals surface area contributed by atoms with Gasteiger partial charge in [-0.25, -0.2) is 9.07 Å². The van der Waals surface area contributed by atoms with E-state index in [4.69, 9.17) is 4.98 Å². The highest BCUT2D eigenvalue weighted by atomic mass is 32.1. The number of nitrogens with zero attached hydrogens (tertiary/aromatic N) is 4. The molecule has 5 rings (SSSR count). The number of amides is 1. The number of fused-ring (bicyclic) bond motifs is 1. The lowest BCUT2D eigenvalue weighted by Gasteiger charge is -2.31. The Kier molecular flexibility index (Phi) is 5.61. The maximum absolute atomic E-state index is 13.9. The number of carbonyl (C=O) groups excluding carboxylic acids is 1. The zero-order chi connectivity index (χ0) is 22.1. The predicted octanol–water partition coefficient (Wildman–Crippen LogP) is 4.46. The summed E-state index contributed by atoms with van der Waals surface area (Å²) in [6, 6.07) is 16.5. The number of aromatic nitrogens is 3. The van der Waals surface area contributed by atoms with Crippen molar-refractivity contribution in [3.05, 3.63) is 71.7 Å². The molecule has 1 aliphatic rings. The van der Waals surface area contributed by atoms with Crippen molar-refractivity contribution in [3.63, 3.8) is 0 Å². The minimum Gasteiger partial charge on any atom is -0.352 e. The predicted molar refractivity (Wildman–Crippen MR) is 125 cm³/mol. The first-order chi connectivity index (χ1) is 15.6. The lowest BCUT2D eigenvalue weighted by Crippen LogP contribution is -2.43. The van der Waals surface area contributed by atoms with Crippen LogP contribution in [0.15, 0.2) is 54.6 Å². The smallest absolute Gasteiger partial charge is 0.225 e. The molecule has 1 N–H and O–H groups in total. The van der Waals surface area contributed by atoms with Crippen molar-refractivity contribution in [2.45, 2.75) is 26.3 Å². The Labute approximate surface area is 189 Å². The molecule has 3 heterocycles. The minimum atomic E-state index is -0.296. The lowest BCUT2D eigenvalue weighted by molar-refractivity contribution is -0.125. The van der Waals surface area contributed by atoms with Crippen LogP contribution in [-0.4, -0.2) is 33.8 Å². The third kappa shape index (κ3) is 3.98. The Balaban J connectivity index is 1.32. The van der Waals surface area contributed by atoms with E-state index in [9.17, 15) is 9.18 Å². The van der Waals surface area contributed by atoms with Crippen molar-refractivity contribution < 1.29 is 9.18 Å². The van der Waals surface area contributed by atoms with Gasteiger partial charge in [-0.2, -0.15) is 10.1 Å². The molecule has 0 spiro atoms. The second-order valence-electron chi connectivity index (χ2n) is 8.08. The molecule has 8 heteroatoms. The van der Waals surface area contributed by atoms with Gasteiger partial charge in [-0.15, -0.1) is 0 Å². The Morgan fingerprint density at radius 1 is 1.19 bits per heavy atom. The van der Waals surface area contributed by atoms with E-state index in [1.165, 1.54) is 6.07 Å². The van der Waals surface area contributed by atoms with Crippen LogP contribution in [0.25, 0.3) is 16.0 Å². The number of thiazole rings is 1. The van der Waals surface area contributed by atoms with Crippen LogP contribution in [-0.2, 0) is 11.3 Å². The van der Waals surface area contributed by atoms with E-state index in [0.717, 1.165) is 46.2 Å². The van der Waals surface area contributed by atoms with Gasteiger partial charge in [0.05, 0.1) is 22.0 Å². The number of benzene rings is 2. The summed E-state index contributed by atoms with van der Waals surface area (Å²) in [7, 11) is 0. The van der Waals surface area contributed by atoms with Gasteiger partial charge in [0.15, 0.2) is 10.8 Å². The van der Waals surface area contributed by atoms with E-state index in [-0.39, 0.29) is 24.2 Å². The maximum Gasteiger partial charge on any atom is 0.225 e. The molecule has 0 bridgehead atoms. The standard InChI is InChI=1S/C24H24FN5OS/c1-16-21-22(30(28-16)19-10-3-2-4-11-19)27-24(32-21)29-13-7-9-18(15-29)23(31)26-14-17-8-5-6-12-20(17)25/h2-6,8,10-12,18H,7,9,13-15H2,1H3,(H,26,31)/t18-/m0/s1. The normalized spacial score (nSPS) is 16.4. The highest BCUT2D eigenvalue weighted by Gasteiger charge is 2.28. The first-order valence-corrected chi connectivity index (χ1v) is 11.6. The largest absolute Gasteiger partial charge is 0.352 e. The number of carbonyl (C=O) groups is 1. The van der Waals surface area contributed by atoms with E-state index in [2.05, 4.69) is 15.3 Å². The van der Waals surface area contributed by atoms with Crippen molar-refractivity contribution in [2.75, 3.05) is 18.0 Å². The molecule has 1 fully saturated rings. The number of aryl methyl sites for hydroxylation is 1. The average Bonchev–Trinajstić information content (AvgIpc) is 3.40. The van der Waals surface area contributed by atoms with Gasteiger partial charge in [-0.1, -0.05) is 47.7 Å². The van der Waals surface area contributed by atoms with Crippen LogP contribution in [0.1, 0.15) is 24.1 Å². The van der Waals surface area contributed by atoms with Gasteiger partial charge in [0, 0.05) is 25.2 Å². The molecule has 1 atom stereocenters. The molecule has 0 unspecified atom stereocenters. The number of hydrogen-bond acceptors (Lipinski definition) is 5. The Bertz CT molecular complexity index is 1250. The summed E-state index contributed by atoms with van der Waals surface area (Å²) >= 11 is 1.62. The highest BCUT2D eigenvalue weighted by molar-refractivity contribution is 7.22. The fourth-order valence-electron chi connectivity index (χ4n) is 4.14. The SMILES string of the molecule is Cc1nn(-c2ccccc2)c2nc(N3CCC[C@H](C(=O)NCc4ccccc4F)C3)sc12. The highest BCUT2D eigenvalue weighted by Crippen LogP contribution is 2.34. The van der Waals surface area contributed by atoms with Crippen LogP contribution >= 0.6 is 11.3 Å². The average molecular weight is 450 g/mol. The van der Waals surface area contributed by atoms with E-state index < -0.39 is 0 Å². The van der Waals surface area contributed by atoms with Gasteiger partial charge in [-0.3, -0.25) is 4.79 Å². The fraction of sp³-hybridized carbons (Fsp3) is 0.292. The molecule has 164 valence electrons. The molecule has 0 aliphatic carbocycles. The first kappa shape index (κ1) is 20.6. The third-order valence-corrected chi connectivity index (χ3v) is 7.07. The maximum atomic E-state index is 13.9. The quantitative estimate of drug-likeness (QED) is 0.489. The summed E-state index contributed by atoms with van der Waals surface area (Å²) in [4.78, 5) is 19.9. The summed E-state index contributed by atoms with van der Waals surface area (Å²) < 4.78 is 16.8. The van der Waals surface area contributed by atoms with Gasteiger partial charge < -0.3 is 10.2 Å². The molecule has 1 saturated heterocycles. The number of hydrogen-bond donors (Lipinski definition) is 1. The van der Waals surface area contributed by atoms with Crippen molar-refractivity contribution in [2.24, 2.45) is 5.92 Å². The molecule has 1 amide bonds. The van der Waals surface area contributed by atoms with Crippen molar-refractivity contribution in [1.82, 2.24) is 20.1 Å². The minimum absolute atomic E-state index is 0.0364. The van der Waals surface area contributed by atoms with E-state index in [1.54, 1.807) is 29.5 Å². The van der Waals surface area contributed by atoms with Gasteiger partial charge in [-0.05, 0) is 38.0 Å².